The normalized spacial score (nSPS) is 16.1. The molecule has 0 spiro atoms. The number of benzene rings is 1. The number of rotatable bonds is 8. The summed E-state index contributed by atoms with van der Waals surface area (Å²) in [5, 5.41) is 0. The van der Waals surface area contributed by atoms with Crippen molar-refractivity contribution < 1.29 is 19.1 Å². The molecule has 1 heterocycles. The maximum absolute atomic E-state index is 5.81. The average Bonchev–Trinajstić information content (AvgIpc) is 2.49. The first-order valence-corrected chi connectivity index (χ1v) is 7.65. The number of hydrogen-bond acceptors (Lipinski definition) is 3. The third-order valence-corrected chi connectivity index (χ3v) is 3.50. The van der Waals surface area contributed by atoms with Gasteiger partial charge in [0.2, 0.25) is 0 Å². The monoisotopic (exact) mass is 280 g/mol. The van der Waals surface area contributed by atoms with E-state index in [-0.39, 0.29) is 0 Å². The van der Waals surface area contributed by atoms with Gasteiger partial charge in [-0.3, -0.25) is 0 Å². The van der Waals surface area contributed by atoms with E-state index in [4.69, 9.17) is 14.2 Å². The molecule has 0 unspecified atom stereocenters. The number of unbranched alkanes of at least 4 members (excludes halogenated alkanes) is 1. The second kappa shape index (κ2) is 8.82. The topological polar surface area (TPSA) is 32.1 Å². The van der Waals surface area contributed by atoms with E-state index in [1.165, 1.54) is 0 Å². The molecule has 0 aliphatic carbocycles. The SMILES string of the molecule is CCCCOc1cccc(OCC[NH+]2CCOCC2)c1. The molecule has 112 valence electrons. The Balaban J connectivity index is 1.70. The number of hydrogen-bond donors (Lipinski definition) is 1. The van der Waals surface area contributed by atoms with Crippen LogP contribution in [0, 0.1) is 0 Å². The van der Waals surface area contributed by atoms with Crippen LogP contribution >= 0.6 is 0 Å². The van der Waals surface area contributed by atoms with Crippen LogP contribution in [-0.4, -0.2) is 46.1 Å². The lowest BCUT2D eigenvalue weighted by Crippen LogP contribution is -3.14. The van der Waals surface area contributed by atoms with Gasteiger partial charge in [-0.05, 0) is 18.6 Å². The summed E-state index contributed by atoms with van der Waals surface area (Å²) >= 11 is 0. The third kappa shape index (κ3) is 5.39. The van der Waals surface area contributed by atoms with E-state index in [1.54, 1.807) is 4.90 Å². The molecule has 0 aromatic heterocycles. The molecule has 1 aliphatic heterocycles. The minimum absolute atomic E-state index is 0.744. The summed E-state index contributed by atoms with van der Waals surface area (Å²) in [5.74, 6) is 1.79. The number of quaternary nitrogens is 1. The summed E-state index contributed by atoms with van der Waals surface area (Å²) in [4.78, 5) is 1.56. The zero-order valence-electron chi connectivity index (χ0n) is 12.4. The molecule has 20 heavy (non-hydrogen) atoms. The van der Waals surface area contributed by atoms with Crippen LogP contribution in [0.5, 0.6) is 11.5 Å². The first-order chi connectivity index (χ1) is 9.88. The molecule has 2 rings (SSSR count). The Labute approximate surface area is 121 Å². The van der Waals surface area contributed by atoms with E-state index in [0.717, 1.165) is 70.4 Å². The first kappa shape index (κ1) is 15.1. The zero-order valence-corrected chi connectivity index (χ0v) is 12.4. The fourth-order valence-corrected chi connectivity index (χ4v) is 2.21. The number of ether oxygens (including phenoxy) is 3. The Hall–Kier alpha value is -1.26. The standard InChI is InChI=1S/C16H25NO3/c1-2-3-10-19-15-5-4-6-16(14-15)20-13-9-17-7-11-18-12-8-17/h4-6,14H,2-3,7-13H2,1H3/p+1. The second-order valence-electron chi connectivity index (χ2n) is 5.14. The van der Waals surface area contributed by atoms with Gasteiger partial charge in [0.1, 0.15) is 37.7 Å². The summed E-state index contributed by atoms with van der Waals surface area (Å²) in [6.07, 6.45) is 2.24. The van der Waals surface area contributed by atoms with E-state index >= 15 is 0 Å². The minimum Gasteiger partial charge on any atom is -0.493 e. The van der Waals surface area contributed by atoms with Gasteiger partial charge in [-0.1, -0.05) is 19.4 Å². The van der Waals surface area contributed by atoms with Gasteiger partial charge in [-0.2, -0.15) is 0 Å². The summed E-state index contributed by atoms with van der Waals surface area (Å²) < 4.78 is 16.8. The van der Waals surface area contributed by atoms with Crippen molar-refractivity contribution >= 4 is 0 Å². The molecular weight excluding hydrogens is 254 g/mol. The van der Waals surface area contributed by atoms with Gasteiger partial charge in [-0.15, -0.1) is 0 Å². The van der Waals surface area contributed by atoms with Crippen LogP contribution < -0.4 is 14.4 Å². The van der Waals surface area contributed by atoms with Crippen molar-refractivity contribution in [2.75, 3.05) is 46.1 Å². The highest BCUT2D eigenvalue weighted by Gasteiger charge is 2.13. The van der Waals surface area contributed by atoms with Gasteiger partial charge in [-0.25, -0.2) is 0 Å². The van der Waals surface area contributed by atoms with Crippen LogP contribution in [0.2, 0.25) is 0 Å². The average molecular weight is 280 g/mol. The van der Waals surface area contributed by atoms with Crippen molar-refractivity contribution in [2.45, 2.75) is 19.8 Å². The molecule has 1 N–H and O–H groups in total. The Bertz CT molecular complexity index is 378. The summed E-state index contributed by atoms with van der Waals surface area (Å²) in [5.41, 5.74) is 0. The second-order valence-corrected chi connectivity index (χ2v) is 5.14. The molecule has 0 atom stereocenters. The van der Waals surface area contributed by atoms with Crippen LogP contribution in [-0.2, 0) is 4.74 Å². The predicted octanol–water partition coefficient (Wildman–Crippen LogP) is 1.16. The third-order valence-electron chi connectivity index (χ3n) is 3.50. The summed E-state index contributed by atoms with van der Waals surface area (Å²) in [7, 11) is 0. The largest absolute Gasteiger partial charge is 0.493 e. The minimum atomic E-state index is 0.744. The molecule has 0 saturated carbocycles. The Morgan fingerprint density at radius 3 is 2.50 bits per heavy atom. The fraction of sp³-hybridized carbons (Fsp3) is 0.625. The number of morpholine rings is 1. The zero-order chi connectivity index (χ0) is 14.0. The lowest BCUT2D eigenvalue weighted by molar-refractivity contribution is -0.908. The van der Waals surface area contributed by atoms with Gasteiger partial charge in [0, 0.05) is 6.07 Å². The van der Waals surface area contributed by atoms with Crippen molar-refractivity contribution in [3.63, 3.8) is 0 Å². The Kier molecular flexibility index (Phi) is 6.68. The van der Waals surface area contributed by atoms with Crippen LogP contribution in [0.1, 0.15) is 19.8 Å². The van der Waals surface area contributed by atoms with Gasteiger partial charge in [0.25, 0.3) is 0 Å². The van der Waals surface area contributed by atoms with E-state index in [2.05, 4.69) is 6.92 Å². The molecule has 4 nitrogen and oxygen atoms in total. The van der Waals surface area contributed by atoms with Gasteiger partial charge in [0.05, 0.1) is 19.8 Å². The van der Waals surface area contributed by atoms with Crippen molar-refractivity contribution in [3.05, 3.63) is 24.3 Å². The molecule has 1 saturated heterocycles. The van der Waals surface area contributed by atoms with Crippen molar-refractivity contribution in [1.29, 1.82) is 0 Å². The summed E-state index contributed by atoms with van der Waals surface area (Å²) in [6.45, 7) is 8.63. The highest BCUT2D eigenvalue weighted by Crippen LogP contribution is 2.19. The smallest absolute Gasteiger partial charge is 0.137 e. The molecule has 0 radical (unpaired) electrons. The molecule has 1 aliphatic rings. The van der Waals surface area contributed by atoms with Crippen molar-refractivity contribution in [3.8, 4) is 11.5 Å². The van der Waals surface area contributed by atoms with E-state index in [0.29, 0.717) is 0 Å². The first-order valence-electron chi connectivity index (χ1n) is 7.65. The van der Waals surface area contributed by atoms with Crippen LogP contribution in [0.25, 0.3) is 0 Å². The predicted molar refractivity (Wildman–Crippen MR) is 78.7 cm³/mol. The van der Waals surface area contributed by atoms with E-state index in [1.807, 2.05) is 24.3 Å². The Morgan fingerprint density at radius 2 is 1.80 bits per heavy atom. The van der Waals surface area contributed by atoms with Gasteiger partial charge >= 0.3 is 0 Å². The molecule has 0 amide bonds. The molecule has 1 aromatic carbocycles. The van der Waals surface area contributed by atoms with Crippen molar-refractivity contribution in [1.82, 2.24) is 0 Å². The molecule has 1 aromatic rings. The number of nitrogens with one attached hydrogen (secondary N) is 1. The lowest BCUT2D eigenvalue weighted by Gasteiger charge is -2.23. The molecule has 1 fully saturated rings. The van der Waals surface area contributed by atoms with Gasteiger partial charge < -0.3 is 19.1 Å². The van der Waals surface area contributed by atoms with Crippen LogP contribution in [0.15, 0.2) is 24.3 Å². The molecule has 0 bridgehead atoms. The molecule has 4 heteroatoms. The van der Waals surface area contributed by atoms with Crippen LogP contribution in [0.3, 0.4) is 0 Å². The maximum atomic E-state index is 5.81. The maximum Gasteiger partial charge on any atom is 0.137 e. The van der Waals surface area contributed by atoms with E-state index < -0.39 is 0 Å². The highest BCUT2D eigenvalue weighted by molar-refractivity contribution is 5.32. The van der Waals surface area contributed by atoms with Gasteiger partial charge in [0.15, 0.2) is 0 Å². The fourth-order valence-electron chi connectivity index (χ4n) is 2.21. The summed E-state index contributed by atoms with van der Waals surface area (Å²) in [6, 6.07) is 7.93. The molecular formula is C16H26NO3+. The van der Waals surface area contributed by atoms with Crippen LogP contribution in [0.4, 0.5) is 0 Å². The highest BCUT2D eigenvalue weighted by atomic mass is 16.5. The quantitative estimate of drug-likeness (QED) is 0.725. The lowest BCUT2D eigenvalue weighted by atomic mass is 10.3. The Morgan fingerprint density at radius 1 is 1.10 bits per heavy atom. The van der Waals surface area contributed by atoms with Crippen molar-refractivity contribution in [2.24, 2.45) is 0 Å². The van der Waals surface area contributed by atoms with E-state index in [9.17, 15) is 0 Å².